The second-order valence-electron chi connectivity index (χ2n) is 3.73. The Bertz CT molecular complexity index is 498. The predicted molar refractivity (Wildman–Crippen MR) is 60.2 cm³/mol. The number of carbonyl (C=O) groups excluding carboxylic acids is 3. The molecular formula is C11H11N3O3. The summed E-state index contributed by atoms with van der Waals surface area (Å²) in [6.07, 6.45) is -0.0915. The van der Waals surface area contributed by atoms with Gasteiger partial charge in [0.2, 0.25) is 5.78 Å². The number of primary amides is 1. The van der Waals surface area contributed by atoms with Crippen molar-refractivity contribution in [2.24, 2.45) is 5.73 Å². The summed E-state index contributed by atoms with van der Waals surface area (Å²) in [5.41, 5.74) is 6.23. The molecule has 4 N–H and O–H groups in total. The van der Waals surface area contributed by atoms with E-state index in [0.29, 0.717) is 11.3 Å². The Balaban J connectivity index is 2.42. The number of rotatable bonds is 1. The first kappa shape index (κ1) is 11.1. The fourth-order valence-electron chi connectivity index (χ4n) is 1.80. The summed E-state index contributed by atoms with van der Waals surface area (Å²) < 4.78 is 0. The molecule has 0 aromatic heterocycles. The minimum atomic E-state index is -0.730. The maximum atomic E-state index is 11.5. The van der Waals surface area contributed by atoms with Gasteiger partial charge in [0, 0.05) is 12.1 Å². The molecule has 1 atom stereocenters. The number of fused-ring (bicyclic) bond motifs is 1. The molecule has 0 aliphatic carbocycles. The number of urea groups is 1. The quantitative estimate of drug-likeness (QED) is 0.608. The molecule has 0 spiro atoms. The van der Waals surface area contributed by atoms with Crippen molar-refractivity contribution in [3.8, 4) is 0 Å². The number of carbonyl (C=O) groups is 3. The van der Waals surface area contributed by atoms with Crippen LogP contribution in [-0.4, -0.2) is 17.7 Å². The first-order chi connectivity index (χ1) is 8.08. The standard InChI is InChI=1S/C11H11N3O3/c12-11(17)14-8-5-9(15)10(16)13-7-4-2-1-3-6(7)8/h1-4,8H,5H2,(H,13,16)(H3,12,14,17). The summed E-state index contributed by atoms with van der Waals surface area (Å²) in [4.78, 5) is 33.7. The predicted octanol–water partition coefficient (Wildman–Crippen LogP) is 0.307. The third kappa shape index (κ3) is 2.25. The maximum Gasteiger partial charge on any atom is 0.312 e. The summed E-state index contributed by atoms with van der Waals surface area (Å²) in [6.45, 7) is 0. The van der Waals surface area contributed by atoms with Gasteiger partial charge in [0.25, 0.3) is 5.91 Å². The lowest BCUT2D eigenvalue weighted by atomic mass is 10.0. The number of nitrogens with two attached hydrogens (primary N) is 1. The molecule has 0 fully saturated rings. The number of benzene rings is 1. The van der Waals surface area contributed by atoms with Crippen molar-refractivity contribution in [2.45, 2.75) is 12.5 Å². The van der Waals surface area contributed by atoms with Gasteiger partial charge in [0.1, 0.15) is 0 Å². The smallest absolute Gasteiger partial charge is 0.312 e. The average Bonchev–Trinajstić information content (AvgIpc) is 2.38. The highest BCUT2D eigenvalue weighted by atomic mass is 16.2. The molecule has 6 nitrogen and oxygen atoms in total. The van der Waals surface area contributed by atoms with Crippen LogP contribution in [-0.2, 0) is 9.59 Å². The van der Waals surface area contributed by atoms with E-state index in [-0.39, 0.29) is 6.42 Å². The Hall–Kier alpha value is -2.37. The number of ketones is 1. The monoisotopic (exact) mass is 233 g/mol. The highest BCUT2D eigenvalue weighted by molar-refractivity contribution is 6.41. The van der Waals surface area contributed by atoms with Gasteiger partial charge in [-0.05, 0) is 11.6 Å². The van der Waals surface area contributed by atoms with E-state index < -0.39 is 23.8 Å². The second-order valence-corrected chi connectivity index (χ2v) is 3.73. The zero-order valence-electron chi connectivity index (χ0n) is 8.90. The molecule has 1 aromatic rings. The molecule has 1 aliphatic heterocycles. The van der Waals surface area contributed by atoms with Gasteiger partial charge in [-0.1, -0.05) is 18.2 Å². The minimum absolute atomic E-state index is 0.0915. The van der Waals surface area contributed by atoms with Gasteiger partial charge in [0.05, 0.1) is 6.04 Å². The van der Waals surface area contributed by atoms with Crippen molar-refractivity contribution >= 4 is 23.4 Å². The van der Waals surface area contributed by atoms with Gasteiger partial charge in [-0.25, -0.2) is 4.79 Å². The van der Waals surface area contributed by atoms with Gasteiger partial charge in [-0.3, -0.25) is 9.59 Å². The van der Waals surface area contributed by atoms with Crippen LogP contribution in [0.3, 0.4) is 0 Å². The molecule has 88 valence electrons. The van der Waals surface area contributed by atoms with Crippen LogP contribution in [0.1, 0.15) is 18.0 Å². The topological polar surface area (TPSA) is 101 Å². The average molecular weight is 233 g/mol. The lowest BCUT2D eigenvalue weighted by Crippen LogP contribution is -2.34. The van der Waals surface area contributed by atoms with Crippen LogP contribution >= 0.6 is 0 Å². The van der Waals surface area contributed by atoms with Gasteiger partial charge in [0.15, 0.2) is 0 Å². The van der Waals surface area contributed by atoms with Gasteiger partial charge in [-0.2, -0.15) is 0 Å². The minimum Gasteiger partial charge on any atom is -0.352 e. The fraction of sp³-hybridized carbons (Fsp3) is 0.182. The van der Waals surface area contributed by atoms with Crippen LogP contribution in [0.15, 0.2) is 24.3 Å². The van der Waals surface area contributed by atoms with Crippen molar-refractivity contribution < 1.29 is 14.4 Å². The molecule has 1 unspecified atom stereocenters. The number of Topliss-reactive ketones (excluding diaryl/α,β-unsaturated/α-hetero) is 1. The Morgan fingerprint density at radius 3 is 2.76 bits per heavy atom. The molecule has 17 heavy (non-hydrogen) atoms. The highest BCUT2D eigenvalue weighted by Crippen LogP contribution is 2.28. The molecule has 1 aliphatic rings. The van der Waals surface area contributed by atoms with E-state index in [4.69, 9.17) is 5.73 Å². The third-order valence-corrected chi connectivity index (χ3v) is 2.54. The van der Waals surface area contributed by atoms with Crippen LogP contribution in [0.5, 0.6) is 0 Å². The van der Waals surface area contributed by atoms with Crippen molar-refractivity contribution in [2.75, 3.05) is 5.32 Å². The summed E-state index contributed by atoms with van der Waals surface area (Å²) in [5, 5.41) is 4.95. The SMILES string of the molecule is NC(=O)NC1CC(=O)C(=O)Nc2ccccc21. The first-order valence-electron chi connectivity index (χ1n) is 5.07. The van der Waals surface area contributed by atoms with Crippen molar-refractivity contribution in [3.63, 3.8) is 0 Å². The number of anilines is 1. The molecule has 1 aromatic carbocycles. The number of nitrogens with one attached hydrogen (secondary N) is 2. The number of amides is 3. The highest BCUT2D eigenvalue weighted by Gasteiger charge is 2.28. The second kappa shape index (κ2) is 4.25. The largest absolute Gasteiger partial charge is 0.352 e. The van der Waals surface area contributed by atoms with Crippen molar-refractivity contribution in [3.05, 3.63) is 29.8 Å². The van der Waals surface area contributed by atoms with E-state index in [1.807, 2.05) is 0 Å². The van der Waals surface area contributed by atoms with Gasteiger partial charge in [-0.15, -0.1) is 0 Å². The van der Waals surface area contributed by atoms with E-state index in [1.165, 1.54) is 0 Å². The first-order valence-corrected chi connectivity index (χ1v) is 5.07. The molecule has 0 bridgehead atoms. The van der Waals surface area contributed by atoms with Crippen LogP contribution in [0, 0.1) is 0 Å². The van der Waals surface area contributed by atoms with Crippen molar-refractivity contribution in [1.82, 2.24) is 5.32 Å². The fourth-order valence-corrected chi connectivity index (χ4v) is 1.80. The normalized spacial score (nSPS) is 18.9. The Morgan fingerprint density at radius 1 is 1.35 bits per heavy atom. The number of hydrogen-bond donors (Lipinski definition) is 3. The Morgan fingerprint density at radius 2 is 2.06 bits per heavy atom. The summed E-state index contributed by atoms with van der Waals surface area (Å²) in [6, 6.07) is 5.59. The van der Waals surface area contributed by atoms with E-state index >= 15 is 0 Å². The molecule has 0 saturated carbocycles. The number of para-hydroxylation sites is 1. The third-order valence-electron chi connectivity index (χ3n) is 2.54. The molecule has 3 amide bonds. The molecule has 2 rings (SSSR count). The molecular weight excluding hydrogens is 222 g/mol. The summed E-state index contributed by atoms with van der Waals surface area (Å²) in [5.74, 6) is -1.26. The maximum absolute atomic E-state index is 11.5. The van der Waals surface area contributed by atoms with E-state index in [0.717, 1.165) is 0 Å². The lowest BCUT2D eigenvalue weighted by molar-refractivity contribution is -0.134. The van der Waals surface area contributed by atoms with Gasteiger partial charge < -0.3 is 16.4 Å². The lowest BCUT2D eigenvalue weighted by Gasteiger charge is -2.16. The van der Waals surface area contributed by atoms with Crippen LogP contribution < -0.4 is 16.4 Å². The summed E-state index contributed by atoms with van der Waals surface area (Å²) >= 11 is 0. The molecule has 6 heteroatoms. The number of hydrogen-bond acceptors (Lipinski definition) is 3. The van der Waals surface area contributed by atoms with Crippen LogP contribution in [0.4, 0.5) is 10.5 Å². The molecule has 0 saturated heterocycles. The zero-order chi connectivity index (χ0) is 12.4. The van der Waals surface area contributed by atoms with Crippen LogP contribution in [0.2, 0.25) is 0 Å². The van der Waals surface area contributed by atoms with Gasteiger partial charge >= 0.3 is 6.03 Å². The molecule has 0 radical (unpaired) electrons. The Labute approximate surface area is 97.2 Å². The molecule has 1 heterocycles. The summed E-state index contributed by atoms with van der Waals surface area (Å²) in [7, 11) is 0. The van der Waals surface area contributed by atoms with Crippen LogP contribution in [0.25, 0.3) is 0 Å². The zero-order valence-corrected chi connectivity index (χ0v) is 8.90. The van der Waals surface area contributed by atoms with E-state index in [1.54, 1.807) is 24.3 Å². The van der Waals surface area contributed by atoms with E-state index in [2.05, 4.69) is 10.6 Å². The van der Waals surface area contributed by atoms with Crippen molar-refractivity contribution in [1.29, 1.82) is 0 Å². The Kier molecular flexibility index (Phi) is 2.78. The van der Waals surface area contributed by atoms with E-state index in [9.17, 15) is 14.4 Å².